The van der Waals surface area contributed by atoms with E-state index in [-0.39, 0.29) is 5.91 Å². The average Bonchev–Trinajstić information content (AvgIpc) is 2.75. The van der Waals surface area contributed by atoms with E-state index in [1.807, 2.05) is 31.2 Å². The number of carbonyl (C=O) groups is 1. The first-order valence-electron chi connectivity index (χ1n) is 9.05. The summed E-state index contributed by atoms with van der Waals surface area (Å²) in [4.78, 5) is 25.0. The van der Waals surface area contributed by atoms with Crippen LogP contribution < -0.4 is 10.1 Å². The second-order valence-corrected chi connectivity index (χ2v) is 6.46. The number of pyridine rings is 1. The minimum absolute atomic E-state index is 0.247. The third-order valence-electron chi connectivity index (χ3n) is 4.21. The number of aryl methyl sites for hydroxylation is 1. The molecular weight excluding hydrogens is 364 g/mol. The van der Waals surface area contributed by atoms with E-state index < -0.39 is 0 Å². The Bertz CT molecular complexity index is 1150. The van der Waals surface area contributed by atoms with Crippen molar-refractivity contribution in [2.45, 2.75) is 6.92 Å². The monoisotopic (exact) mass is 382 g/mol. The van der Waals surface area contributed by atoms with E-state index in [0.717, 1.165) is 16.7 Å². The Labute approximate surface area is 168 Å². The minimum Gasteiger partial charge on any atom is -0.437 e. The van der Waals surface area contributed by atoms with Gasteiger partial charge < -0.3 is 10.1 Å². The number of amides is 1. The lowest BCUT2D eigenvalue weighted by atomic mass is 10.0. The lowest BCUT2D eigenvalue weighted by Gasteiger charge is -2.09. The van der Waals surface area contributed by atoms with Crippen LogP contribution in [0.5, 0.6) is 11.6 Å². The first-order chi connectivity index (χ1) is 14.2. The molecule has 4 rings (SSSR count). The Kier molecular flexibility index (Phi) is 5.25. The molecule has 6 heteroatoms. The number of benzene rings is 2. The molecule has 0 aliphatic heterocycles. The second kappa shape index (κ2) is 8.31. The molecule has 0 unspecified atom stereocenters. The van der Waals surface area contributed by atoms with Gasteiger partial charge in [0.1, 0.15) is 5.75 Å². The predicted molar refractivity (Wildman–Crippen MR) is 111 cm³/mol. The van der Waals surface area contributed by atoms with Crippen molar-refractivity contribution in [1.29, 1.82) is 0 Å². The molecule has 2 aromatic carbocycles. The van der Waals surface area contributed by atoms with Crippen molar-refractivity contribution in [3.05, 3.63) is 96.7 Å². The normalized spacial score (nSPS) is 10.4. The highest BCUT2D eigenvalue weighted by atomic mass is 16.5. The molecule has 0 saturated carbocycles. The first-order valence-corrected chi connectivity index (χ1v) is 9.05. The lowest BCUT2D eigenvalue weighted by molar-refractivity contribution is 0.102. The van der Waals surface area contributed by atoms with Crippen molar-refractivity contribution in [2.24, 2.45) is 0 Å². The van der Waals surface area contributed by atoms with Crippen molar-refractivity contribution in [3.8, 4) is 22.8 Å². The molecule has 1 amide bonds. The van der Waals surface area contributed by atoms with Gasteiger partial charge in [0.2, 0.25) is 5.88 Å². The summed E-state index contributed by atoms with van der Waals surface area (Å²) in [6.45, 7) is 2.03. The molecular formula is C23H18N4O2. The molecule has 29 heavy (non-hydrogen) atoms. The number of anilines is 1. The maximum Gasteiger partial charge on any atom is 0.257 e. The van der Waals surface area contributed by atoms with Crippen molar-refractivity contribution < 1.29 is 9.53 Å². The number of nitrogens with one attached hydrogen (secondary N) is 1. The summed E-state index contributed by atoms with van der Waals surface area (Å²) in [5.41, 5.74) is 4.14. The van der Waals surface area contributed by atoms with E-state index in [9.17, 15) is 4.79 Å². The number of aromatic nitrogens is 3. The fourth-order valence-electron chi connectivity index (χ4n) is 2.85. The maximum absolute atomic E-state index is 12.7. The van der Waals surface area contributed by atoms with Crippen LogP contribution in [0.3, 0.4) is 0 Å². The Morgan fingerprint density at radius 2 is 1.79 bits per heavy atom. The van der Waals surface area contributed by atoms with Crippen molar-refractivity contribution >= 4 is 11.6 Å². The molecule has 0 fully saturated rings. The van der Waals surface area contributed by atoms with E-state index in [1.165, 1.54) is 6.20 Å². The molecule has 2 aromatic heterocycles. The molecule has 0 aliphatic rings. The average molecular weight is 382 g/mol. The summed E-state index contributed by atoms with van der Waals surface area (Å²) >= 11 is 0. The van der Waals surface area contributed by atoms with Gasteiger partial charge >= 0.3 is 0 Å². The van der Waals surface area contributed by atoms with E-state index in [0.29, 0.717) is 22.9 Å². The summed E-state index contributed by atoms with van der Waals surface area (Å²) in [7, 11) is 0. The Morgan fingerprint density at radius 1 is 0.897 bits per heavy atom. The summed E-state index contributed by atoms with van der Waals surface area (Å²) in [5.74, 6) is 0.685. The van der Waals surface area contributed by atoms with Crippen molar-refractivity contribution in [3.63, 3.8) is 0 Å². The van der Waals surface area contributed by atoms with Crippen LogP contribution in [0, 0.1) is 6.92 Å². The molecule has 0 aliphatic carbocycles. The van der Waals surface area contributed by atoms with Crippen LogP contribution in [0.4, 0.5) is 5.69 Å². The van der Waals surface area contributed by atoms with Gasteiger partial charge in [-0.3, -0.25) is 14.8 Å². The minimum atomic E-state index is -0.247. The van der Waals surface area contributed by atoms with Crippen LogP contribution in [-0.4, -0.2) is 20.9 Å². The lowest BCUT2D eigenvalue weighted by Crippen LogP contribution is -2.12. The third kappa shape index (κ3) is 4.62. The van der Waals surface area contributed by atoms with Gasteiger partial charge in [-0.2, -0.15) is 0 Å². The summed E-state index contributed by atoms with van der Waals surface area (Å²) in [5, 5.41) is 2.88. The third-order valence-corrected chi connectivity index (χ3v) is 4.21. The zero-order chi connectivity index (χ0) is 20.1. The Balaban J connectivity index is 1.51. The molecule has 6 nitrogen and oxygen atoms in total. The van der Waals surface area contributed by atoms with Gasteiger partial charge in [-0.25, -0.2) is 4.98 Å². The Hall–Kier alpha value is -4.06. The number of hydrogen-bond acceptors (Lipinski definition) is 5. The SMILES string of the molecule is Cc1cccc(-c2cncc(C(=O)Nc3cccc(Oc4cnccn4)c3)c2)c1. The molecule has 0 spiro atoms. The molecule has 4 aromatic rings. The fraction of sp³-hybridized carbons (Fsp3) is 0.0435. The quantitative estimate of drug-likeness (QED) is 0.532. The Morgan fingerprint density at radius 3 is 2.62 bits per heavy atom. The standard InChI is InChI=1S/C23H18N4O2/c1-16-4-2-5-17(10-16)18-11-19(14-25-13-18)23(28)27-20-6-3-7-21(12-20)29-22-15-24-8-9-26-22/h2-15H,1H3,(H,27,28). The number of ether oxygens (including phenoxy) is 1. The summed E-state index contributed by atoms with van der Waals surface area (Å²) in [6.07, 6.45) is 7.95. The van der Waals surface area contributed by atoms with E-state index in [1.54, 1.807) is 49.1 Å². The van der Waals surface area contributed by atoms with Crippen LogP contribution in [0.2, 0.25) is 0 Å². The molecule has 142 valence electrons. The van der Waals surface area contributed by atoms with Gasteiger partial charge in [0.05, 0.1) is 11.8 Å². The molecule has 0 radical (unpaired) electrons. The van der Waals surface area contributed by atoms with Crippen molar-refractivity contribution in [1.82, 2.24) is 15.0 Å². The molecule has 1 N–H and O–H groups in total. The van der Waals surface area contributed by atoms with Gasteiger partial charge in [-0.15, -0.1) is 0 Å². The van der Waals surface area contributed by atoms with Crippen LogP contribution in [0.25, 0.3) is 11.1 Å². The molecule has 0 bridgehead atoms. The number of nitrogens with zero attached hydrogens (tertiary/aromatic N) is 3. The van der Waals surface area contributed by atoms with E-state index in [4.69, 9.17) is 4.74 Å². The zero-order valence-electron chi connectivity index (χ0n) is 15.7. The maximum atomic E-state index is 12.7. The van der Waals surface area contributed by atoms with Gasteiger partial charge in [0.25, 0.3) is 5.91 Å². The highest BCUT2D eigenvalue weighted by Crippen LogP contribution is 2.24. The highest BCUT2D eigenvalue weighted by molar-refractivity contribution is 6.04. The van der Waals surface area contributed by atoms with Crippen LogP contribution >= 0.6 is 0 Å². The van der Waals surface area contributed by atoms with Crippen LogP contribution in [0.15, 0.2) is 85.6 Å². The van der Waals surface area contributed by atoms with E-state index >= 15 is 0 Å². The smallest absolute Gasteiger partial charge is 0.257 e. The van der Waals surface area contributed by atoms with Crippen LogP contribution in [-0.2, 0) is 0 Å². The molecule has 2 heterocycles. The van der Waals surface area contributed by atoms with Gasteiger partial charge in [0.15, 0.2) is 0 Å². The number of hydrogen-bond donors (Lipinski definition) is 1. The predicted octanol–water partition coefficient (Wildman–Crippen LogP) is 4.89. The topological polar surface area (TPSA) is 77.0 Å². The summed E-state index contributed by atoms with van der Waals surface area (Å²) in [6, 6.07) is 17.0. The van der Waals surface area contributed by atoms with Gasteiger partial charge in [-0.05, 0) is 30.7 Å². The van der Waals surface area contributed by atoms with Gasteiger partial charge in [0, 0.05) is 42.1 Å². The second-order valence-electron chi connectivity index (χ2n) is 6.46. The molecule has 0 atom stereocenters. The zero-order valence-corrected chi connectivity index (χ0v) is 15.7. The first kappa shape index (κ1) is 18.3. The number of carbonyl (C=O) groups excluding carboxylic acids is 1. The largest absolute Gasteiger partial charge is 0.437 e. The van der Waals surface area contributed by atoms with Gasteiger partial charge in [-0.1, -0.05) is 35.9 Å². The highest BCUT2D eigenvalue weighted by Gasteiger charge is 2.10. The fourth-order valence-corrected chi connectivity index (χ4v) is 2.85. The number of rotatable bonds is 5. The summed E-state index contributed by atoms with van der Waals surface area (Å²) < 4.78 is 5.66. The van der Waals surface area contributed by atoms with Crippen molar-refractivity contribution in [2.75, 3.05) is 5.32 Å². The molecule has 0 saturated heterocycles. The van der Waals surface area contributed by atoms with Crippen LogP contribution in [0.1, 0.15) is 15.9 Å². The van der Waals surface area contributed by atoms with E-state index in [2.05, 4.69) is 26.3 Å².